The first-order valence-electron chi connectivity index (χ1n) is 7.38. The molecule has 1 rings (SSSR count). The molecule has 0 aliphatic carbocycles. The molecule has 0 unspecified atom stereocenters. The van der Waals surface area contributed by atoms with Crippen molar-refractivity contribution in [3.05, 3.63) is 41.7 Å². The lowest BCUT2D eigenvalue weighted by Gasteiger charge is -2.20. The van der Waals surface area contributed by atoms with E-state index in [0.29, 0.717) is 23.2 Å². The Hall–Kier alpha value is -1.92. The molecule has 0 aliphatic heterocycles. The van der Waals surface area contributed by atoms with Crippen LogP contribution >= 0.6 is 0 Å². The Balaban J connectivity index is 2.66. The zero-order valence-electron chi connectivity index (χ0n) is 14.1. The number of halogens is 1. The maximum Gasteiger partial charge on any atom is 0.251 e. The Labute approximate surface area is 136 Å². The Morgan fingerprint density at radius 2 is 1.96 bits per heavy atom. The molecule has 23 heavy (non-hydrogen) atoms. The standard InChI is InChI=1S/C17H25FN2O3/c1-17(2,3)20-16(21)12-5-7-14(8-6-12)23-11-13(9-18)15(10-19)22-4/h5-9,15H,10-11,19H2,1-4H3,(H,20,21)/b13-9-/t15-/m0/s1. The Kier molecular flexibility index (Phi) is 7.19. The number of hydrogen-bond donors (Lipinski definition) is 2. The number of carbonyl (C=O) groups excluding carboxylic acids is 1. The molecule has 5 nitrogen and oxygen atoms in total. The largest absolute Gasteiger partial charge is 0.489 e. The molecular formula is C17H25FN2O3. The Morgan fingerprint density at radius 3 is 2.39 bits per heavy atom. The van der Waals surface area contributed by atoms with Crippen molar-refractivity contribution in [1.29, 1.82) is 0 Å². The SMILES string of the molecule is CO[C@@H](CN)/C(=C\F)COc1ccc(C(=O)NC(C)(C)C)cc1. The first kappa shape index (κ1) is 19.1. The normalized spacial score (nSPS) is 13.6. The number of rotatable bonds is 7. The van der Waals surface area contributed by atoms with Crippen LogP contribution in [0.4, 0.5) is 4.39 Å². The average Bonchev–Trinajstić information content (AvgIpc) is 2.50. The van der Waals surface area contributed by atoms with Crippen molar-refractivity contribution in [3.63, 3.8) is 0 Å². The van der Waals surface area contributed by atoms with Crippen LogP contribution in [0.2, 0.25) is 0 Å². The van der Waals surface area contributed by atoms with E-state index < -0.39 is 6.10 Å². The smallest absolute Gasteiger partial charge is 0.251 e. The van der Waals surface area contributed by atoms with E-state index >= 15 is 0 Å². The molecule has 1 amide bonds. The van der Waals surface area contributed by atoms with E-state index in [9.17, 15) is 9.18 Å². The van der Waals surface area contributed by atoms with Crippen molar-refractivity contribution < 1.29 is 18.7 Å². The van der Waals surface area contributed by atoms with Gasteiger partial charge in [-0.1, -0.05) is 0 Å². The fourth-order valence-corrected chi connectivity index (χ4v) is 1.88. The summed E-state index contributed by atoms with van der Waals surface area (Å²) in [6, 6.07) is 6.65. The van der Waals surface area contributed by atoms with Gasteiger partial charge in [0.05, 0.1) is 12.4 Å². The first-order valence-corrected chi connectivity index (χ1v) is 7.38. The summed E-state index contributed by atoms with van der Waals surface area (Å²) < 4.78 is 23.5. The van der Waals surface area contributed by atoms with E-state index in [4.69, 9.17) is 15.2 Å². The molecule has 3 N–H and O–H groups in total. The van der Waals surface area contributed by atoms with E-state index in [0.717, 1.165) is 0 Å². The summed E-state index contributed by atoms with van der Waals surface area (Å²) in [7, 11) is 1.46. The molecule has 1 atom stereocenters. The van der Waals surface area contributed by atoms with Crippen LogP contribution in [0.5, 0.6) is 5.75 Å². The molecule has 1 aromatic carbocycles. The van der Waals surface area contributed by atoms with Gasteiger partial charge < -0.3 is 20.5 Å². The number of nitrogens with two attached hydrogens (primary N) is 1. The number of ether oxygens (including phenoxy) is 2. The predicted octanol–water partition coefficient (Wildman–Crippen LogP) is 2.42. The van der Waals surface area contributed by atoms with Crippen molar-refractivity contribution in [3.8, 4) is 5.75 Å². The fraction of sp³-hybridized carbons (Fsp3) is 0.471. The third-order valence-electron chi connectivity index (χ3n) is 3.06. The van der Waals surface area contributed by atoms with Crippen molar-refractivity contribution in [2.24, 2.45) is 5.73 Å². The van der Waals surface area contributed by atoms with Gasteiger partial charge in [0.15, 0.2) is 0 Å². The minimum Gasteiger partial charge on any atom is -0.489 e. The van der Waals surface area contributed by atoms with Crippen molar-refractivity contribution in [1.82, 2.24) is 5.32 Å². The lowest BCUT2D eigenvalue weighted by molar-refractivity contribution is 0.0919. The second-order valence-corrected chi connectivity index (χ2v) is 6.16. The molecule has 0 radical (unpaired) electrons. The monoisotopic (exact) mass is 324 g/mol. The van der Waals surface area contributed by atoms with Gasteiger partial charge >= 0.3 is 0 Å². The van der Waals surface area contributed by atoms with Crippen LogP contribution in [0.15, 0.2) is 36.2 Å². The molecule has 6 heteroatoms. The zero-order chi connectivity index (χ0) is 17.5. The van der Waals surface area contributed by atoms with Crippen molar-refractivity contribution in [2.45, 2.75) is 32.4 Å². The summed E-state index contributed by atoms with van der Waals surface area (Å²) in [6.45, 7) is 5.94. The number of hydrogen-bond acceptors (Lipinski definition) is 4. The molecule has 1 aromatic rings. The van der Waals surface area contributed by atoms with E-state index in [-0.39, 0.29) is 24.6 Å². The van der Waals surface area contributed by atoms with Gasteiger partial charge in [-0.25, -0.2) is 4.39 Å². The van der Waals surface area contributed by atoms with E-state index in [1.54, 1.807) is 24.3 Å². The minimum absolute atomic E-state index is 0.0275. The quantitative estimate of drug-likeness (QED) is 0.808. The van der Waals surface area contributed by atoms with Gasteiger partial charge in [0.1, 0.15) is 12.4 Å². The average molecular weight is 324 g/mol. The fourth-order valence-electron chi connectivity index (χ4n) is 1.88. The highest BCUT2D eigenvalue weighted by atomic mass is 19.1. The second-order valence-electron chi connectivity index (χ2n) is 6.16. The van der Waals surface area contributed by atoms with Gasteiger partial charge in [0, 0.05) is 30.3 Å². The van der Waals surface area contributed by atoms with Gasteiger partial charge in [0.2, 0.25) is 0 Å². The second kappa shape index (κ2) is 8.64. The minimum atomic E-state index is -0.517. The molecule has 128 valence electrons. The number of amides is 1. The highest BCUT2D eigenvalue weighted by Crippen LogP contribution is 2.15. The number of methoxy groups -OCH3 is 1. The topological polar surface area (TPSA) is 73.6 Å². The number of nitrogens with one attached hydrogen (secondary N) is 1. The van der Waals surface area contributed by atoms with Gasteiger partial charge in [-0.15, -0.1) is 0 Å². The number of benzene rings is 1. The van der Waals surface area contributed by atoms with Crippen LogP contribution < -0.4 is 15.8 Å². The maximum atomic E-state index is 12.9. The van der Waals surface area contributed by atoms with E-state index in [2.05, 4.69) is 5.32 Å². The third kappa shape index (κ3) is 6.38. The highest BCUT2D eigenvalue weighted by Gasteiger charge is 2.16. The van der Waals surface area contributed by atoms with Crippen molar-refractivity contribution in [2.75, 3.05) is 20.3 Å². The Bertz CT molecular complexity index is 532. The molecule has 0 saturated heterocycles. The van der Waals surface area contributed by atoms with Gasteiger partial charge in [-0.3, -0.25) is 4.79 Å². The molecule has 0 heterocycles. The maximum absolute atomic E-state index is 12.9. The summed E-state index contributed by atoms with van der Waals surface area (Å²) in [6.07, 6.45) is -0.0662. The van der Waals surface area contributed by atoms with Crippen molar-refractivity contribution >= 4 is 5.91 Å². The lowest BCUT2D eigenvalue weighted by Crippen LogP contribution is -2.40. The van der Waals surface area contributed by atoms with Gasteiger partial charge in [-0.05, 0) is 45.0 Å². The van der Waals surface area contributed by atoms with Gasteiger partial charge in [0.25, 0.3) is 5.91 Å². The summed E-state index contributed by atoms with van der Waals surface area (Å²) in [5, 5.41) is 2.88. The molecule has 0 fully saturated rings. The molecular weight excluding hydrogens is 299 g/mol. The highest BCUT2D eigenvalue weighted by molar-refractivity contribution is 5.94. The Morgan fingerprint density at radius 1 is 1.35 bits per heavy atom. The van der Waals surface area contributed by atoms with Crippen LogP contribution in [-0.2, 0) is 4.74 Å². The van der Waals surface area contributed by atoms with E-state index in [1.807, 2.05) is 20.8 Å². The van der Waals surface area contributed by atoms with E-state index in [1.165, 1.54) is 7.11 Å². The molecule has 0 saturated carbocycles. The summed E-state index contributed by atoms with van der Waals surface area (Å²) in [5.41, 5.74) is 6.05. The summed E-state index contributed by atoms with van der Waals surface area (Å²) in [4.78, 5) is 12.0. The summed E-state index contributed by atoms with van der Waals surface area (Å²) in [5.74, 6) is 0.375. The van der Waals surface area contributed by atoms with Crippen LogP contribution in [0.25, 0.3) is 0 Å². The third-order valence-corrected chi connectivity index (χ3v) is 3.06. The van der Waals surface area contributed by atoms with Crippen LogP contribution in [0.3, 0.4) is 0 Å². The lowest BCUT2D eigenvalue weighted by atomic mass is 10.1. The van der Waals surface area contributed by atoms with Crippen LogP contribution in [0.1, 0.15) is 31.1 Å². The van der Waals surface area contributed by atoms with Crippen LogP contribution in [0, 0.1) is 0 Å². The predicted molar refractivity (Wildman–Crippen MR) is 88.2 cm³/mol. The van der Waals surface area contributed by atoms with Crippen LogP contribution in [-0.4, -0.2) is 37.8 Å². The molecule has 0 aromatic heterocycles. The molecule has 0 spiro atoms. The number of carbonyl (C=O) groups is 1. The molecule has 0 aliphatic rings. The first-order chi connectivity index (χ1) is 10.8. The zero-order valence-corrected chi connectivity index (χ0v) is 14.1. The summed E-state index contributed by atoms with van der Waals surface area (Å²) >= 11 is 0. The van der Waals surface area contributed by atoms with Gasteiger partial charge in [-0.2, -0.15) is 0 Å². The molecule has 0 bridgehead atoms.